The Kier molecular flexibility index (Phi) is 3.59. The van der Waals surface area contributed by atoms with Gasteiger partial charge in [0, 0.05) is 18.0 Å². The van der Waals surface area contributed by atoms with Gasteiger partial charge in [-0.1, -0.05) is 0 Å². The first-order chi connectivity index (χ1) is 9.59. The van der Waals surface area contributed by atoms with Crippen LogP contribution in [0.4, 0.5) is 18.9 Å². The lowest BCUT2D eigenvalue weighted by molar-refractivity contribution is -0.137. The number of halogens is 3. The zero-order valence-corrected chi connectivity index (χ0v) is 11.1. The lowest BCUT2D eigenvalue weighted by Gasteiger charge is -2.10. The molecule has 0 bridgehead atoms. The minimum atomic E-state index is -4.61. The van der Waals surface area contributed by atoms with Crippen LogP contribution in [0.25, 0.3) is 11.3 Å². The van der Waals surface area contributed by atoms with Crippen molar-refractivity contribution in [3.63, 3.8) is 0 Å². The molecular weight excluding hydrogens is 309 g/mol. The summed E-state index contributed by atoms with van der Waals surface area (Å²) in [6.45, 7) is 0. The minimum Gasteiger partial charge on any atom is -0.397 e. The van der Waals surface area contributed by atoms with Crippen molar-refractivity contribution in [2.75, 3.05) is 5.73 Å². The number of nitrogen functional groups attached to an aromatic ring is 1. The van der Waals surface area contributed by atoms with Crippen molar-refractivity contribution in [1.82, 2.24) is 9.97 Å². The first-order valence-corrected chi connectivity index (χ1v) is 6.94. The standard InChI is InChI=1S/C11H9F3N4O2S/c12-11(13,14)7-1-6(3-17-4-7)10-9(21(16,19)20)2-8(15)5-18-10/h1-5H,15H2,(H2,16,19,20). The molecule has 0 saturated heterocycles. The Morgan fingerprint density at radius 1 is 1.10 bits per heavy atom. The highest BCUT2D eigenvalue weighted by Crippen LogP contribution is 2.32. The van der Waals surface area contributed by atoms with Gasteiger partial charge in [-0.05, 0) is 12.1 Å². The second-order valence-corrected chi connectivity index (χ2v) is 5.65. The van der Waals surface area contributed by atoms with Gasteiger partial charge in [-0.3, -0.25) is 9.97 Å². The quantitative estimate of drug-likeness (QED) is 0.869. The van der Waals surface area contributed by atoms with Crippen LogP contribution in [0.15, 0.2) is 35.6 Å². The summed E-state index contributed by atoms with van der Waals surface area (Å²) in [5, 5.41) is 5.02. The summed E-state index contributed by atoms with van der Waals surface area (Å²) < 4.78 is 61.0. The number of anilines is 1. The van der Waals surface area contributed by atoms with Crippen molar-refractivity contribution in [3.8, 4) is 11.3 Å². The van der Waals surface area contributed by atoms with E-state index in [2.05, 4.69) is 9.97 Å². The zero-order valence-electron chi connectivity index (χ0n) is 10.3. The first kappa shape index (κ1) is 15.2. The van der Waals surface area contributed by atoms with Gasteiger partial charge in [-0.2, -0.15) is 13.2 Å². The third kappa shape index (κ3) is 3.28. The van der Waals surface area contributed by atoms with Crippen LogP contribution < -0.4 is 10.9 Å². The largest absolute Gasteiger partial charge is 0.417 e. The van der Waals surface area contributed by atoms with Crippen molar-refractivity contribution in [2.45, 2.75) is 11.1 Å². The summed E-state index contributed by atoms with van der Waals surface area (Å²) in [5.74, 6) is 0. The maximum absolute atomic E-state index is 12.7. The van der Waals surface area contributed by atoms with Crippen molar-refractivity contribution < 1.29 is 21.6 Å². The number of aromatic nitrogens is 2. The molecule has 6 nitrogen and oxygen atoms in total. The highest BCUT2D eigenvalue weighted by atomic mass is 32.2. The number of alkyl halides is 3. The Labute approximate surface area is 117 Å². The van der Waals surface area contributed by atoms with Gasteiger partial charge in [0.25, 0.3) is 0 Å². The molecule has 0 unspecified atom stereocenters. The van der Waals surface area contributed by atoms with E-state index < -0.39 is 26.7 Å². The van der Waals surface area contributed by atoms with Crippen LogP contribution in [0.1, 0.15) is 5.56 Å². The van der Waals surface area contributed by atoms with Gasteiger partial charge in [-0.15, -0.1) is 0 Å². The maximum atomic E-state index is 12.7. The molecule has 2 aromatic heterocycles. The maximum Gasteiger partial charge on any atom is 0.417 e. The van der Waals surface area contributed by atoms with Crippen LogP contribution in [0.3, 0.4) is 0 Å². The van der Waals surface area contributed by atoms with E-state index in [1.54, 1.807) is 0 Å². The molecule has 2 rings (SSSR count). The molecule has 0 atom stereocenters. The molecule has 21 heavy (non-hydrogen) atoms. The van der Waals surface area contributed by atoms with Crippen molar-refractivity contribution in [2.24, 2.45) is 5.14 Å². The predicted molar refractivity (Wildman–Crippen MR) is 68.3 cm³/mol. The van der Waals surface area contributed by atoms with Crippen LogP contribution >= 0.6 is 0 Å². The van der Waals surface area contributed by atoms with Gasteiger partial charge in [-0.25, -0.2) is 13.6 Å². The van der Waals surface area contributed by atoms with Gasteiger partial charge in [0.1, 0.15) is 4.90 Å². The zero-order chi connectivity index (χ0) is 15.8. The number of rotatable bonds is 2. The third-order valence-electron chi connectivity index (χ3n) is 2.52. The summed E-state index contributed by atoms with van der Waals surface area (Å²) in [5.41, 5.74) is 4.04. The summed E-state index contributed by atoms with van der Waals surface area (Å²) >= 11 is 0. The molecule has 0 amide bonds. The second-order valence-electron chi connectivity index (χ2n) is 4.12. The molecule has 2 heterocycles. The molecule has 0 spiro atoms. The van der Waals surface area contributed by atoms with Crippen LogP contribution in [-0.4, -0.2) is 18.4 Å². The average Bonchev–Trinajstić information content (AvgIpc) is 2.37. The molecule has 0 aliphatic carbocycles. The smallest absolute Gasteiger partial charge is 0.397 e. The van der Waals surface area contributed by atoms with Crippen molar-refractivity contribution in [3.05, 3.63) is 36.3 Å². The lowest BCUT2D eigenvalue weighted by atomic mass is 10.1. The number of sulfonamides is 1. The fourth-order valence-electron chi connectivity index (χ4n) is 1.62. The minimum absolute atomic E-state index is 0.0164. The fourth-order valence-corrected chi connectivity index (χ4v) is 2.36. The average molecular weight is 318 g/mol. The predicted octanol–water partition coefficient (Wildman–Crippen LogP) is 1.39. The highest BCUT2D eigenvalue weighted by molar-refractivity contribution is 7.89. The Balaban J connectivity index is 2.69. The van der Waals surface area contributed by atoms with E-state index in [0.29, 0.717) is 6.20 Å². The second kappa shape index (κ2) is 4.97. The van der Waals surface area contributed by atoms with Crippen LogP contribution in [0.2, 0.25) is 0 Å². The number of primary sulfonamides is 1. The molecule has 10 heteroatoms. The van der Waals surface area contributed by atoms with E-state index in [-0.39, 0.29) is 16.9 Å². The molecular formula is C11H9F3N4O2S. The molecule has 112 valence electrons. The monoisotopic (exact) mass is 318 g/mol. The lowest BCUT2D eigenvalue weighted by Crippen LogP contribution is -2.15. The molecule has 0 fully saturated rings. The van der Waals surface area contributed by atoms with E-state index in [9.17, 15) is 21.6 Å². The van der Waals surface area contributed by atoms with E-state index in [1.807, 2.05) is 0 Å². The summed E-state index contributed by atoms with van der Waals surface area (Å²) in [6, 6.07) is 1.76. The topological polar surface area (TPSA) is 112 Å². The van der Waals surface area contributed by atoms with E-state index in [1.165, 1.54) is 0 Å². The fraction of sp³-hybridized carbons (Fsp3) is 0.0909. The number of nitrogens with two attached hydrogens (primary N) is 2. The van der Waals surface area contributed by atoms with Crippen LogP contribution in [0.5, 0.6) is 0 Å². The number of hydrogen-bond acceptors (Lipinski definition) is 5. The Bertz CT molecular complexity index is 790. The van der Waals surface area contributed by atoms with Crippen molar-refractivity contribution in [1.29, 1.82) is 0 Å². The van der Waals surface area contributed by atoms with E-state index in [4.69, 9.17) is 10.9 Å². The van der Waals surface area contributed by atoms with Crippen LogP contribution in [0, 0.1) is 0 Å². The van der Waals surface area contributed by atoms with Crippen molar-refractivity contribution >= 4 is 15.7 Å². The molecule has 0 radical (unpaired) electrons. The summed E-state index contributed by atoms with van der Waals surface area (Å²) in [7, 11) is -4.20. The van der Waals surface area contributed by atoms with Crippen LogP contribution in [-0.2, 0) is 16.2 Å². The molecule has 0 aromatic carbocycles. The number of hydrogen-bond donors (Lipinski definition) is 2. The van der Waals surface area contributed by atoms with Gasteiger partial charge in [0.05, 0.1) is 23.1 Å². The molecule has 2 aromatic rings. The normalized spacial score (nSPS) is 12.4. The number of pyridine rings is 2. The van der Waals surface area contributed by atoms with Gasteiger partial charge >= 0.3 is 6.18 Å². The Morgan fingerprint density at radius 2 is 1.76 bits per heavy atom. The van der Waals surface area contributed by atoms with E-state index >= 15 is 0 Å². The number of nitrogens with zero attached hydrogens (tertiary/aromatic N) is 2. The van der Waals surface area contributed by atoms with Gasteiger partial charge in [0.2, 0.25) is 10.0 Å². The van der Waals surface area contributed by atoms with Gasteiger partial charge < -0.3 is 5.73 Å². The Hall–Kier alpha value is -2.20. The Morgan fingerprint density at radius 3 is 2.33 bits per heavy atom. The molecule has 0 aliphatic rings. The first-order valence-electron chi connectivity index (χ1n) is 5.40. The summed E-state index contributed by atoms with van der Waals surface area (Å²) in [6.07, 6.45) is -1.82. The summed E-state index contributed by atoms with van der Waals surface area (Å²) in [4.78, 5) is 6.72. The van der Waals surface area contributed by atoms with E-state index in [0.717, 1.165) is 24.5 Å². The SMILES string of the molecule is Nc1cnc(-c2cncc(C(F)(F)F)c2)c(S(N)(=O)=O)c1. The molecule has 4 N–H and O–H groups in total. The molecule has 0 saturated carbocycles. The molecule has 0 aliphatic heterocycles. The van der Waals surface area contributed by atoms with Gasteiger partial charge in [0.15, 0.2) is 0 Å². The highest BCUT2D eigenvalue weighted by Gasteiger charge is 2.31. The third-order valence-corrected chi connectivity index (χ3v) is 3.44.